The van der Waals surface area contributed by atoms with Crippen LogP contribution in [-0.2, 0) is 11.0 Å². The van der Waals surface area contributed by atoms with Crippen LogP contribution in [0.1, 0.15) is 12.0 Å². The number of carboxylic acid groups (broad SMARTS) is 1. The van der Waals surface area contributed by atoms with Crippen LogP contribution in [0, 0.1) is 0 Å². The lowest BCUT2D eigenvalue weighted by molar-refractivity contribution is -0.138. The van der Waals surface area contributed by atoms with E-state index in [4.69, 9.17) is 14.6 Å². The van der Waals surface area contributed by atoms with Gasteiger partial charge in [0.05, 0.1) is 18.6 Å². The first-order chi connectivity index (χ1) is 10.9. The number of alkyl halides is 3. The molecule has 0 atom stereocenters. The second-order valence-corrected chi connectivity index (χ2v) is 4.42. The summed E-state index contributed by atoms with van der Waals surface area (Å²) in [7, 11) is 0. The predicted octanol–water partition coefficient (Wildman–Crippen LogP) is 3.75. The zero-order valence-electron chi connectivity index (χ0n) is 11.7. The molecule has 0 aliphatic carbocycles. The van der Waals surface area contributed by atoms with Crippen molar-refractivity contribution in [3.63, 3.8) is 0 Å². The minimum absolute atomic E-state index is 0.0349. The number of benzene rings is 1. The fourth-order valence-corrected chi connectivity index (χ4v) is 1.62. The molecule has 8 heteroatoms. The summed E-state index contributed by atoms with van der Waals surface area (Å²) in [5, 5.41) is 8.57. The average molecular weight is 327 g/mol. The molecular formula is C15H12F3NO4. The van der Waals surface area contributed by atoms with Gasteiger partial charge in [-0.25, -0.2) is 4.98 Å². The number of hydrogen-bond acceptors (Lipinski definition) is 4. The fraction of sp³-hybridized carbons (Fsp3) is 0.200. The first kappa shape index (κ1) is 16.6. The highest BCUT2D eigenvalue weighted by Gasteiger charge is 2.30. The van der Waals surface area contributed by atoms with Crippen molar-refractivity contribution in [2.45, 2.75) is 12.6 Å². The van der Waals surface area contributed by atoms with Crippen molar-refractivity contribution in [2.24, 2.45) is 0 Å². The van der Waals surface area contributed by atoms with Gasteiger partial charge in [-0.2, -0.15) is 13.2 Å². The van der Waals surface area contributed by atoms with Gasteiger partial charge >= 0.3 is 12.1 Å². The van der Waals surface area contributed by atoms with Gasteiger partial charge in [0.15, 0.2) is 11.5 Å². The molecule has 0 amide bonds. The van der Waals surface area contributed by atoms with Crippen LogP contribution < -0.4 is 9.47 Å². The lowest BCUT2D eigenvalue weighted by Gasteiger charge is -2.12. The van der Waals surface area contributed by atoms with Crippen molar-refractivity contribution in [1.82, 2.24) is 4.98 Å². The van der Waals surface area contributed by atoms with Crippen LogP contribution in [0.3, 0.4) is 0 Å². The zero-order valence-corrected chi connectivity index (χ0v) is 11.7. The quantitative estimate of drug-likeness (QED) is 0.875. The van der Waals surface area contributed by atoms with Gasteiger partial charge in [-0.3, -0.25) is 4.79 Å². The molecule has 0 radical (unpaired) electrons. The van der Waals surface area contributed by atoms with Crippen LogP contribution >= 0.6 is 0 Å². The predicted molar refractivity (Wildman–Crippen MR) is 73.5 cm³/mol. The number of aliphatic carboxylic acids is 1. The molecule has 122 valence electrons. The van der Waals surface area contributed by atoms with Crippen LogP contribution in [0.25, 0.3) is 0 Å². The molecule has 0 unspecified atom stereocenters. The number of pyridine rings is 1. The van der Waals surface area contributed by atoms with Crippen LogP contribution in [0.4, 0.5) is 13.2 Å². The van der Waals surface area contributed by atoms with E-state index in [0.29, 0.717) is 6.20 Å². The standard InChI is InChI=1S/C15H12F3NO4/c16-15(17,18)10-5-6-13(19-9-10)23-12-4-2-1-3-11(12)22-8-7-14(20)21/h1-6,9H,7-8H2,(H,20,21). The molecule has 0 bridgehead atoms. The highest BCUT2D eigenvalue weighted by atomic mass is 19.4. The number of halogens is 3. The zero-order chi connectivity index (χ0) is 16.9. The summed E-state index contributed by atoms with van der Waals surface area (Å²) in [5.41, 5.74) is -0.879. The van der Waals surface area contributed by atoms with Gasteiger partial charge in [0, 0.05) is 12.3 Å². The molecule has 0 saturated carbocycles. The van der Waals surface area contributed by atoms with Gasteiger partial charge in [0.1, 0.15) is 0 Å². The summed E-state index contributed by atoms with van der Waals surface area (Å²) < 4.78 is 48.1. The van der Waals surface area contributed by atoms with Gasteiger partial charge in [-0.15, -0.1) is 0 Å². The van der Waals surface area contributed by atoms with Crippen molar-refractivity contribution in [3.05, 3.63) is 48.2 Å². The summed E-state index contributed by atoms with van der Waals surface area (Å²) in [6.07, 6.45) is -3.99. The topological polar surface area (TPSA) is 68.7 Å². The second-order valence-electron chi connectivity index (χ2n) is 4.42. The normalized spacial score (nSPS) is 11.1. The molecular weight excluding hydrogens is 315 g/mol. The second kappa shape index (κ2) is 6.99. The Kier molecular flexibility index (Phi) is 5.05. The van der Waals surface area contributed by atoms with E-state index in [1.807, 2.05) is 0 Å². The van der Waals surface area contributed by atoms with E-state index in [1.165, 1.54) is 6.07 Å². The number of para-hydroxylation sites is 2. The molecule has 2 aromatic rings. The van der Waals surface area contributed by atoms with Gasteiger partial charge in [0.2, 0.25) is 5.88 Å². The Hall–Kier alpha value is -2.77. The molecule has 0 fully saturated rings. The Morgan fingerprint density at radius 3 is 2.39 bits per heavy atom. The molecule has 0 spiro atoms. The molecule has 1 aromatic carbocycles. The van der Waals surface area contributed by atoms with E-state index in [0.717, 1.165) is 12.1 Å². The van der Waals surface area contributed by atoms with E-state index in [-0.39, 0.29) is 30.4 Å². The van der Waals surface area contributed by atoms with Crippen LogP contribution in [-0.4, -0.2) is 22.7 Å². The Labute approximate surface area is 129 Å². The number of nitrogens with zero attached hydrogens (tertiary/aromatic N) is 1. The number of ether oxygens (including phenoxy) is 2. The lowest BCUT2D eigenvalue weighted by atomic mass is 10.3. The number of aromatic nitrogens is 1. The maximum Gasteiger partial charge on any atom is 0.417 e. The third kappa shape index (κ3) is 4.87. The van der Waals surface area contributed by atoms with E-state index < -0.39 is 17.7 Å². The molecule has 0 aliphatic heterocycles. The van der Waals surface area contributed by atoms with Crippen molar-refractivity contribution in [2.75, 3.05) is 6.61 Å². The summed E-state index contributed by atoms with van der Waals surface area (Å²) in [5.74, 6) is -0.541. The van der Waals surface area contributed by atoms with Crippen molar-refractivity contribution in [3.8, 4) is 17.4 Å². The van der Waals surface area contributed by atoms with Crippen LogP contribution in [0.15, 0.2) is 42.6 Å². The van der Waals surface area contributed by atoms with Gasteiger partial charge in [-0.1, -0.05) is 12.1 Å². The molecule has 23 heavy (non-hydrogen) atoms. The number of carbonyl (C=O) groups is 1. The summed E-state index contributed by atoms with van der Waals surface area (Å²) >= 11 is 0. The molecule has 1 aromatic heterocycles. The molecule has 1 heterocycles. The fourth-order valence-electron chi connectivity index (χ4n) is 1.62. The summed E-state index contributed by atoms with van der Waals surface area (Å²) in [4.78, 5) is 14.1. The Balaban J connectivity index is 2.09. The lowest BCUT2D eigenvalue weighted by Crippen LogP contribution is -2.06. The molecule has 0 aliphatic rings. The van der Waals surface area contributed by atoms with E-state index in [1.54, 1.807) is 18.2 Å². The van der Waals surface area contributed by atoms with E-state index in [2.05, 4.69) is 4.98 Å². The van der Waals surface area contributed by atoms with Gasteiger partial charge in [-0.05, 0) is 18.2 Å². The van der Waals surface area contributed by atoms with Crippen LogP contribution in [0.5, 0.6) is 17.4 Å². The minimum atomic E-state index is -4.47. The Bertz CT molecular complexity index is 671. The van der Waals surface area contributed by atoms with Gasteiger partial charge in [0.25, 0.3) is 0 Å². The monoisotopic (exact) mass is 327 g/mol. The Morgan fingerprint density at radius 1 is 1.13 bits per heavy atom. The number of carboxylic acids is 1. The third-order valence-electron chi connectivity index (χ3n) is 2.70. The van der Waals surface area contributed by atoms with Crippen molar-refractivity contribution < 1.29 is 32.5 Å². The third-order valence-corrected chi connectivity index (χ3v) is 2.70. The molecule has 0 saturated heterocycles. The minimum Gasteiger partial charge on any atom is -0.489 e. The highest BCUT2D eigenvalue weighted by Crippen LogP contribution is 2.32. The van der Waals surface area contributed by atoms with E-state index >= 15 is 0 Å². The molecule has 2 rings (SSSR count). The molecule has 5 nitrogen and oxygen atoms in total. The summed E-state index contributed by atoms with van der Waals surface area (Å²) in [6.45, 7) is -0.0594. The van der Waals surface area contributed by atoms with Crippen molar-refractivity contribution >= 4 is 5.97 Å². The molecule has 1 N–H and O–H groups in total. The van der Waals surface area contributed by atoms with E-state index in [9.17, 15) is 18.0 Å². The maximum absolute atomic E-state index is 12.5. The van der Waals surface area contributed by atoms with Crippen LogP contribution in [0.2, 0.25) is 0 Å². The highest BCUT2D eigenvalue weighted by molar-refractivity contribution is 5.66. The van der Waals surface area contributed by atoms with Crippen molar-refractivity contribution in [1.29, 1.82) is 0 Å². The SMILES string of the molecule is O=C(O)CCOc1ccccc1Oc1ccc(C(F)(F)F)cn1. The number of hydrogen-bond donors (Lipinski definition) is 1. The van der Waals surface area contributed by atoms with Gasteiger partial charge < -0.3 is 14.6 Å². The summed E-state index contributed by atoms with van der Waals surface area (Å²) in [6, 6.07) is 8.34. The smallest absolute Gasteiger partial charge is 0.417 e. The first-order valence-corrected chi connectivity index (χ1v) is 6.51. The largest absolute Gasteiger partial charge is 0.489 e. The number of rotatable bonds is 6. The average Bonchev–Trinajstić information content (AvgIpc) is 2.48. The Morgan fingerprint density at radius 2 is 1.83 bits per heavy atom. The maximum atomic E-state index is 12.5. The first-order valence-electron chi connectivity index (χ1n) is 6.51.